The molecule has 0 bridgehead atoms. The number of aryl methyl sites for hydroxylation is 1. The van der Waals surface area contributed by atoms with E-state index in [0.717, 1.165) is 32.4 Å². The van der Waals surface area contributed by atoms with Crippen molar-refractivity contribution in [2.45, 2.75) is 63.7 Å². The van der Waals surface area contributed by atoms with Crippen molar-refractivity contribution >= 4 is 17.2 Å². The van der Waals surface area contributed by atoms with E-state index in [1.165, 1.54) is 24.8 Å². The van der Waals surface area contributed by atoms with E-state index in [1.807, 2.05) is 15.8 Å². The van der Waals surface area contributed by atoms with E-state index in [0.29, 0.717) is 24.3 Å². The lowest BCUT2D eigenvalue weighted by Crippen LogP contribution is -2.34. The standard InChI is InChI=1S/C18H25N5OS/c24-18(23(16-4-5-16)11-14-7-10-25-13-14)17-12-22(21-20-17)9-6-15-3-1-2-8-19-15/h7,10,12-13,15-16,19H,1-6,8-9,11H2/t15-/m0/s1. The minimum atomic E-state index is 0.00995. The van der Waals surface area contributed by atoms with E-state index in [2.05, 4.69) is 32.5 Å². The highest BCUT2D eigenvalue weighted by atomic mass is 32.1. The van der Waals surface area contributed by atoms with Crippen molar-refractivity contribution in [3.05, 3.63) is 34.3 Å². The van der Waals surface area contributed by atoms with Crippen LogP contribution in [-0.4, -0.2) is 44.4 Å². The van der Waals surface area contributed by atoms with Crippen LogP contribution < -0.4 is 5.32 Å². The van der Waals surface area contributed by atoms with E-state index in [1.54, 1.807) is 11.3 Å². The van der Waals surface area contributed by atoms with Gasteiger partial charge in [-0.1, -0.05) is 11.6 Å². The second-order valence-corrected chi connectivity index (χ2v) is 7.88. The number of nitrogens with zero attached hydrogens (tertiary/aromatic N) is 4. The van der Waals surface area contributed by atoms with Gasteiger partial charge in [0.2, 0.25) is 0 Å². The first kappa shape index (κ1) is 16.7. The van der Waals surface area contributed by atoms with Crippen LogP contribution in [-0.2, 0) is 13.1 Å². The van der Waals surface area contributed by atoms with Crippen molar-refractivity contribution in [2.24, 2.45) is 0 Å². The van der Waals surface area contributed by atoms with Crippen LogP contribution in [0.4, 0.5) is 0 Å². The van der Waals surface area contributed by atoms with Crippen molar-refractivity contribution in [3.63, 3.8) is 0 Å². The number of carbonyl (C=O) groups is 1. The molecule has 4 rings (SSSR count). The van der Waals surface area contributed by atoms with Crippen molar-refractivity contribution in [2.75, 3.05) is 6.54 Å². The summed E-state index contributed by atoms with van der Waals surface area (Å²) in [6.45, 7) is 2.60. The fourth-order valence-electron chi connectivity index (χ4n) is 3.44. The quantitative estimate of drug-likeness (QED) is 0.826. The number of hydrogen-bond donors (Lipinski definition) is 1. The minimum Gasteiger partial charge on any atom is -0.330 e. The van der Waals surface area contributed by atoms with Crippen LogP contribution in [0, 0.1) is 0 Å². The zero-order valence-corrected chi connectivity index (χ0v) is 15.2. The summed E-state index contributed by atoms with van der Waals surface area (Å²) < 4.78 is 1.82. The summed E-state index contributed by atoms with van der Waals surface area (Å²) in [4.78, 5) is 14.8. The van der Waals surface area contributed by atoms with Gasteiger partial charge < -0.3 is 10.2 Å². The molecule has 25 heavy (non-hydrogen) atoms. The van der Waals surface area contributed by atoms with Gasteiger partial charge in [0.25, 0.3) is 5.91 Å². The predicted octanol–water partition coefficient (Wildman–Crippen LogP) is 2.68. The second-order valence-electron chi connectivity index (χ2n) is 7.10. The molecule has 1 saturated heterocycles. The number of amides is 1. The number of hydrogen-bond acceptors (Lipinski definition) is 5. The normalized spacial score (nSPS) is 20.6. The van der Waals surface area contributed by atoms with Gasteiger partial charge in [0.15, 0.2) is 5.69 Å². The Morgan fingerprint density at radius 1 is 1.36 bits per heavy atom. The molecule has 0 spiro atoms. The van der Waals surface area contributed by atoms with Crippen LogP contribution in [0.5, 0.6) is 0 Å². The molecule has 1 saturated carbocycles. The lowest BCUT2D eigenvalue weighted by atomic mass is 10.0. The van der Waals surface area contributed by atoms with Crippen LogP contribution in [0.3, 0.4) is 0 Å². The highest BCUT2D eigenvalue weighted by Gasteiger charge is 2.34. The molecule has 0 radical (unpaired) electrons. The van der Waals surface area contributed by atoms with Crippen LogP contribution in [0.25, 0.3) is 0 Å². The average molecular weight is 359 g/mol. The van der Waals surface area contributed by atoms with Gasteiger partial charge in [-0.15, -0.1) is 5.10 Å². The van der Waals surface area contributed by atoms with Crippen LogP contribution in [0.1, 0.15) is 54.6 Å². The summed E-state index contributed by atoms with van der Waals surface area (Å²) in [5, 5.41) is 16.0. The molecule has 2 aromatic rings. The fourth-order valence-corrected chi connectivity index (χ4v) is 4.10. The predicted molar refractivity (Wildman–Crippen MR) is 97.5 cm³/mol. The zero-order valence-electron chi connectivity index (χ0n) is 14.4. The second kappa shape index (κ2) is 7.66. The molecule has 0 unspecified atom stereocenters. The Hall–Kier alpha value is -1.73. The summed E-state index contributed by atoms with van der Waals surface area (Å²) >= 11 is 1.67. The van der Waals surface area contributed by atoms with Crippen molar-refractivity contribution in [3.8, 4) is 0 Å². The Kier molecular flexibility index (Phi) is 5.12. The van der Waals surface area contributed by atoms with Gasteiger partial charge in [0.1, 0.15) is 0 Å². The first-order chi connectivity index (χ1) is 12.3. The molecule has 7 heteroatoms. The minimum absolute atomic E-state index is 0.00995. The molecule has 1 atom stereocenters. The zero-order chi connectivity index (χ0) is 17.1. The third-order valence-corrected chi connectivity index (χ3v) is 5.79. The molecule has 2 fully saturated rings. The summed E-state index contributed by atoms with van der Waals surface area (Å²) in [5.41, 5.74) is 1.67. The third kappa shape index (κ3) is 4.27. The SMILES string of the molecule is O=C(c1cn(CC[C@@H]2CCCCN2)nn1)N(Cc1ccsc1)C1CC1. The fraction of sp³-hybridized carbons (Fsp3) is 0.611. The molecule has 2 aromatic heterocycles. The van der Waals surface area contributed by atoms with E-state index in [-0.39, 0.29) is 5.91 Å². The Bertz CT molecular complexity index is 688. The molecule has 6 nitrogen and oxygen atoms in total. The summed E-state index contributed by atoms with van der Waals surface area (Å²) in [7, 11) is 0. The molecule has 3 heterocycles. The van der Waals surface area contributed by atoms with E-state index >= 15 is 0 Å². The number of piperidine rings is 1. The first-order valence-corrected chi connectivity index (χ1v) is 10.2. The molecule has 1 aliphatic carbocycles. The Morgan fingerprint density at radius 2 is 2.28 bits per heavy atom. The number of thiophene rings is 1. The van der Waals surface area contributed by atoms with Gasteiger partial charge in [0, 0.05) is 25.2 Å². The van der Waals surface area contributed by atoms with Gasteiger partial charge >= 0.3 is 0 Å². The number of aromatic nitrogens is 3. The largest absolute Gasteiger partial charge is 0.330 e. The molecular weight excluding hydrogens is 334 g/mol. The summed E-state index contributed by atoms with van der Waals surface area (Å²) in [6.07, 6.45) is 8.86. The van der Waals surface area contributed by atoms with Crippen molar-refractivity contribution in [1.29, 1.82) is 0 Å². The molecule has 134 valence electrons. The van der Waals surface area contributed by atoms with Gasteiger partial charge in [-0.3, -0.25) is 9.48 Å². The van der Waals surface area contributed by atoms with E-state index in [4.69, 9.17) is 0 Å². The molecule has 1 aliphatic heterocycles. The monoisotopic (exact) mass is 359 g/mol. The molecule has 1 amide bonds. The van der Waals surface area contributed by atoms with Gasteiger partial charge in [0.05, 0.1) is 6.20 Å². The van der Waals surface area contributed by atoms with E-state index in [9.17, 15) is 4.79 Å². The maximum atomic E-state index is 12.9. The highest BCUT2D eigenvalue weighted by molar-refractivity contribution is 7.07. The van der Waals surface area contributed by atoms with Gasteiger partial charge in [-0.2, -0.15) is 11.3 Å². The Labute approximate surface area is 152 Å². The number of rotatable bonds is 7. The molecule has 1 N–H and O–H groups in total. The smallest absolute Gasteiger partial charge is 0.276 e. The first-order valence-electron chi connectivity index (χ1n) is 9.25. The third-order valence-electron chi connectivity index (χ3n) is 5.06. The summed E-state index contributed by atoms with van der Waals surface area (Å²) in [6, 6.07) is 3.02. The average Bonchev–Trinajstić information content (AvgIpc) is 3.16. The molecular formula is C18H25N5OS. The number of nitrogens with one attached hydrogen (secondary N) is 1. The topological polar surface area (TPSA) is 63.1 Å². The van der Waals surface area contributed by atoms with Crippen LogP contribution in [0.2, 0.25) is 0 Å². The lowest BCUT2D eigenvalue weighted by molar-refractivity contribution is 0.0724. The van der Waals surface area contributed by atoms with Crippen LogP contribution >= 0.6 is 11.3 Å². The molecule has 0 aromatic carbocycles. The van der Waals surface area contributed by atoms with Crippen molar-refractivity contribution in [1.82, 2.24) is 25.2 Å². The lowest BCUT2D eigenvalue weighted by Gasteiger charge is -2.23. The highest BCUT2D eigenvalue weighted by Crippen LogP contribution is 2.30. The van der Waals surface area contributed by atoms with E-state index < -0.39 is 0 Å². The number of carbonyl (C=O) groups excluding carboxylic acids is 1. The van der Waals surface area contributed by atoms with Gasteiger partial charge in [-0.25, -0.2) is 0 Å². The summed E-state index contributed by atoms with van der Waals surface area (Å²) in [5.74, 6) is 0.00995. The maximum absolute atomic E-state index is 12.9. The van der Waals surface area contributed by atoms with Crippen molar-refractivity contribution < 1.29 is 4.79 Å². The maximum Gasteiger partial charge on any atom is 0.276 e. The van der Waals surface area contributed by atoms with Crippen LogP contribution in [0.15, 0.2) is 23.0 Å². The Morgan fingerprint density at radius 3 is 3.00 bits per heavy atom. The molecule has 2 aliphatic rings. The van der Waals surface area contributed by atoms with Gasteiger partial charge in [-0.05, 0) is 61.0 Å². The Balaban J connectivity index is 1.37.